The third kappa shape index (κ3) is 41.5. The fourth-order valence-electron chi connectivity index (χ4n) is 9.12. The van der Waals surface area contributed by atoms with E-state index in [1.807, 2.05) is 0 Å². The molecule has 0 aromatic heterocycles. The third-order valence-corrected chi connectivity index (χ3v) is 13.1. The van der Waals surface area contributed by atoms with Gasteiger partial charge in [0.2, 0.25) is 0 Å². The van der Waals surface area contributed by atoms with Crippen molar-refractivity contribution in [3.63, 3.8) is 0 Å². The highest BCUT2D eigenvalue weighted by atomic mass is 16.4. The van der Waals surface area contributed by atoms with E-state index >= 15 is 0 Å². The zero-order chi connectivity index (χ0) is 41.9. The molecule has 4 heteroatoms. The summed E-state index contributed by atoms with van der Waals surface area (Å²) in [6.45, 7) is 9.33. The molecule has 0 aromatic carbocycles. The van der Waals surface area contributed by atoms with Crippen molar-refractivity contribution in [2.24, 2.45) is 17.3 Å². The maximum Gasteiger partial charge on any atom is 0.309 e. The number of carbonyl (C=O) groups is 2. The number of carboxylic acids is 2. The first-order chi connectivity index (χ1) is 27.7. The molecule has 57 heavy (non-hydrogen) atoms. The Morgan fingerprint density at radius 2 is 0.509 bits per heavy atom. The monoisotopic (exact) mass is 805 g/mol. The smallest absolute Gasteiger partial charge is 0.309 e. The Morgan fingerprint density at radius 1 is 0.316 bits per heavy atom. The van der Waals surface area contributed by atoms with Crippen molar-refractivity contribution in [1.29, 1.82) is 0 Å². The lowest BCUT2D eigenvalue weighted by Gasteiger charge is -2.30. The third-order valence-electron chi connectivity index (χ3n) is 13.1. The normalized spacial score (nSPS) is 12.0. The molecule has 0 fully saturated rings. The molecule has 340 valence electrons. The number of unbranched alkanes of at least 4 members (excludes halogenated alkanes) is 35. The van der Waals surface area contributed by atoms with Gasteiger partial charge in [-0.25, -0.2) is 0 Å². The van der Waals surface area contributed by atoms with Gasteiger partial charge in [0.15, 0.2) is 0 Å². The summed E-state index contributed by atoms with van der Waals surface area (Å²) in [6, 6.07) is 0. The molecule has 0 spiro atoms. The van der Waals surface area contributed by atoms with E-state index in [-0.39, 0.29) is 6.42 Å². The van der Waals surface area contributed by atoms with Crippen LogP contribution in [0.25, 0.3) is 0 Å². The zero-order valence-electron chi connectivity index (χ0n) is 39.5. The second-order valence-electron chi connectivity index (χ2n) is 19.8. The molecule has 2 N–H and O–H groups in total. The Labute approximate surface area is 358 Å². The van der Waals surface area contributed by atoms with Crippen molar-refractivity contribution in [2.45, 2.75) is 310 Å². The Balaban J connectivity index is 4.09. The molecule has 0 heterocycles. The standard InChI is InChI=1S/C53H104O4/c1-49(2)43-37-31-27-23-19-15-11-7-5-9-13-17-21-25-29-34-40-46-53(52(56)57,48-42-36-33-39-45-51(54)55)47-41-35-30-26-22-18-14-10-6-8-12-16-20-24-28-32-38-44-50(3)4/h49-50H,5-48H2,1-4H3,(H,54,55)(H,56,57). The van der Waals surface area contributed by atoms with E-state index < -0.39 is 17.4 Å². The second-order valence-corrected chi connectivity index (χ2v) is 19.8. The van der Waals surface area contributed by atoms with Crippen molar-refractivity contribution >= 4 is 11.9 Å². The average molecular weight is 805 g/mol. The molecule has 0 aliphatic carbocycles. The summed E-state index contributed by atoms with van der Waals surface area (Å²) in [4.78, 5) is 23.7. The minimum absolute atomic E-state index is 0.224. The van der Waals surface area contributed by atoms with E-state index in [9.17, 15) is 14.7 Å². The molecule has 0 saturated carbocycles. The van der Waals surface area contributed by atoms with Crippen LogP contribution in [0.1, 0.15) is 310 Å². The first-order valence-electron chi connectivity index (χ1n) is 26.1. The number of rotatable bonds is 48. The van der Waals surface area contributed by atoms with Gasteiger partial charge in [-0.3, -0.25) is 9.59 Å². The topological polar surface area (TPSA) is 74.6 Å². The molecular formula is C53H104O4. The van der Waals surface area contributed by atoms with Crippen LogP contribution in [0.15, 0.2) is 0 Å². The summed E-state index contributed by atoms with van der Waals surface area (Å²) in [6.07, 6.45) is 54.9. The van der Waals surface area contributed by atoms with Crippen molar-refractivity contribution in [3.05, 3.63) is 0 Å². The predicted molar refractivity (Wildman–Crippen MR) is 251 cm³/mol. The van der Waals surface area contributed by atoms with Gasteiger partial charge in [-0.2, -0.15) is 0 Å². The zero-order valence-corrected chi connectivity index (χ0v) is 39.5. The fraction of sp³-hybridized carbons (Fsp3) is 0.962. The van der Waals surface area contributed by atoms with Crippen LogP contribution in [-0.4, -0.2) is 22.2 Å². The van der Waals surface area contributed by atoms with Gasteiger partial charge in [0.1, 0.15) is 0 Å². The first-order valence-corrected chi connectivity index (χ1v) is 26.1. The van der Waals surface area contributed by atoms with Crippen LogP contribution in [0, 0.1) is 17.3 Å². The van der Waals surface area contributed by atoms with E-state index in [0.717, 1.165) is 76.0 Å². The van der Waals surface area contributed by atoms with Crippen LogP contribution >= 0.6 is 0 Å². The predicted octanol–water partition coefficient (Wildman–Crippen LogP) is 18.6. The molecule has 0 rings (SSSR count). The Bertz CT molecular complexity index is 789. The van der Waals surface area contributed by atoms with Crippen LogP contribution in [0.5, 0.6) is 0 Å². The van der Waals surface area contributed by atoms with Gasteiger partial charge in [0.25, 0.3) is 0 Å². The molecule has 0 atom stereocenters. The molecule has 4 nitrogen and oxygen atoms in total. The molecule has 0 aliphatic heterocycles. The number of hydrogen-bond acceptors (Lipinski definition) is 2. The van der Waals surface area contributed by atoms with E-state index in [1.54, 1.807) is 0 Å². The summed E-state index contributed by atoms with van der Waals surface area (Å²) in [5.41, 5.74) is -0.590. The maximum atomic E-state index is 12.8. The van der Waals surface area contributed by atoms with E-state index in [4.69, 9.17) is 5.11 Å². The maximum absolute atomic E-state index is 12.8. The highest BCUT2D eigenvalue weighted by Gasteiger charge is 2.36. The van der Waals surface area contributed by atoms with E-state index in [2.05, 4.69) is 27.7 Å². The lowest BCUT2D eigenvalue weighted by Crippen LogP contribution is -2.31. The molecule has 0 unspecified atom stereocenters. The van der Waals surface area contributed by atoms with Crippen molar-refractivity contribution < 1.29 is 19.8 Å². The van der Waals surface area contributed by atoms with Crippen LogP contribution in [0.4, 0.5) is 0 Å². The Hall–Kier alpha value is -1.06. The van der Waals surface area contributed by atoms with E-state index in [1.165, 1.54) is 205 Å². The highest BCUT2D eigenvalue weighted by molar-refractivity contribution is 5.74. The molecular weight excluding hydrogens is 701 g/mol. The average Bonchev–Trinajstić information content (AvgIpc) is 3.17. The van der Waals surface area contributed by atoms with Crippen LogP contribution in [0.3, 0.4) is 0 Å². The lowest BCUT2D eigenvalue weighted by molar-refractivity contribution is -0.150. The first kappa shape index (κ1) is 55.9. The summed E-state index contributed by atoms with van der Waals surface area (Å²) in [5, 5.41) is 19.5. The SMILES string of the molecule is CC(C)CCCCCCCCCCCCCCCCCCCC(CCCCCCCCCCCCCCCCCCCC(C)C)(CCCCCCC(=O)O)C(=O)O. The van der Waals surface area contributed by atoms with Crippen LogP contribution in [0.2, 0.25) is 0 Å². The fourth-order valence-corrected chi connectivity index (χ4v) is 9.12. The Morgan fingerprint density at radius 3 is 0.702 bits per heavy atom. The van der Waals surface area contributed by atoms with Crippen molar-refractivity contribution in [3.8, 4) is 0 Å². The van der Waals surface area contributed by atoms with Gasteiger partial charge in [-0.1, -0.05) is 278 Å². The van der Waals surface area contributed by atoms with Crippen molar-refractivity contribution in [2.75, 3.05) is 0 Å². The van der Waals surface area contributed by atoms with Gasteiger partial charge >= 0.3 is 11.9 Å². The summed E-state index contributed by atoms with van der Waals surface area (Å²) >= 11 is 0. The molecule has 0 aliphatic rings. The number of aliphatic carboxylic acids is 2. The van der Waals surface area contributed by atoms with Gasteiger partial charge in [0.05, 0.1) is 5.41 Å². The molecule has 0 amide bonds. The summed E-state index contributed by atoms with van der Waals surface area (Å²) in [5.74, 6) is 0.414. The number of carboxylic acid groups (broad SMARTS) is 2. The largest absolute Gasteiger partial charge is 0.481 e. The van der Waals surface area contributed by atoms with Gasteiger partial charge < -0.3 is 10.2 Å². The minimum atomic E-state index is -0.729. The molecule has 0 aromatic rings. The van der Waals surface area contributed by atoms with Crippen LogP contribution in [-0.2, 0) is 9.59 Å². The molecule has 0 radical (unpaired) electrons. The lowest BCUT2D eigenvalue weighted by atomic mass is 9.74. The van der Waals surface area contributed by atoms with Gasteiger partial charge in [-0.15, -0.1) is 0 Å². The number of hydrogen-bond donors (Lipinski definition) is 2. The summed E-state index contributed by atoms with van der Waals surface area (Å²) in [7, 11) is 0. The van der Waals surface area contributed by atoms with Crippen molar-refractivity contribution in [1.82, 2.24) is 0 Å². The minimum Gasteiger partial charge on any atom is -0.481 e. The van der Waals surface area contributed by atoms with Crippen LogP contribution < -0.4 is 0 Å². The summed E-state index contributed by atoms with van der Waals surface area (Å²) < 4.78 is 0. The second kappa shape index (κ2) is 43.0. The highest BCUT2D eigenvalue weighted by Crippen LogP contribution is 2.38. The molecule has 0 saturated heterocycles. The van der Waals surface area contributed by atoms with Gasteiger partial charge in [0, 0.05) is 6.42 Å². The van der Waals surface area contributed by atoms with Gasteiger partial charge in [-0.05, 0) is 37.5 Å². The quantitative estimate of drug-likeness (QED) is 0.0601. The Kier molecular flexibility index (Phi) is 42.2. The molecule has 0 bridgehead atoms. The van der Waals surface area contributed by atoms with E-state index in [0.29, 0.717) is 6.42 Å².